The predicted octanol–water partition coefficient (Wildman–Crippen LogP) is 1.25. The first-order valence-electron chi connectivity index (χ1n) is 2.23. The van der Waals surface area contributed by atoms with Crippen LogP contribution in [-0.2, 0) is 4.79 Å². The summed E-state index contributed by atoms with van der Waals surface area (Å²) in [6.07, 6.45) is 0. The van der Waals surface area contributed by atoms with E-state index in [0.29, 0.717) is 0 Å². The molecule has 1 heterocycles. The second kappa shape index (κ2) is 3.03. The van der Waals surface area contributed by atoms with E-state index in [9.17, 15) is 4.79 Å². The molecule has 1 nitrogen and oxygen atoms in total. The summed E-state index contributed by atoms with van der Waals surface area (Å²) < 4.78 is 0. The minimum atomic E-state index is 0.0278. The summed E-state index contributed by atoms with van der Waals surface area (Å²) in [5, 5.41) is 1.25. The predicted molar refractivity (Wildman–Crippen MR) is 42.7 cm³/mol. The van der Waals surface area contributed by atoms with E-state index < -0.39 is 0 Å². The van der Waals surface area contributed by atoms with E-state index in [0.717, 1.165) is 10.8 Å². The number of rotatable bonds is 1. The molecule has 1 rings (SSSR count). The van der Waals surface area contributed by atoms with Gasteiger partial charge in [-0.05, 0) is 0 Å². The number of thioether (sulfide) groups is 2. The van der Waals surface area contributed by atoms with Gasteiger partial charge in [-0.25, -0.2) is 0 Å². The van der Waals surface area contributed by atoms with Crippen molar-refractivity contribution in [3.05, 3.63) is 0 Å². The molecule has 0 radical (unpaired) electrons. The SMILES string of the molecule is O=C(S)C1CSCS1. The molecule has 0 saturated carbocycles. The summed E-state index contributed by atoms with van der Waals surface area (Å²) >= 11 is 7.21. The van der Waals surface area contributed by atoms with Crippen LogP contribution in [0.15, 0.2) is 0 Å². The fourth-order valence-electron chi connectivity index (χ4n) is 0.476. The van der Waals surface area contributed by atoms with Crippen LogP contribution in [0.4, 0.5) is 0 Å². The lowest BCUT2D eigenvalue weighted by molar-refractivity contribution is -0.110. The van der Waals surface area contributed by atoms with Gasteiger partial charge < -0.3 is 0 Å². The summed E-state index contributed by atoms with van der Waals surface area (Å²) in [5.41, 5.74) is 0. The first kappa shape index (κ1) is 6.83. The zero-order valence-corrected chi connectivity index (χ0v) is 6.69. The molecule has 46 valence electrons. The van der Waals surface area contributed by atoms with Gasteiger partial charge in [0.25, 0.3) is 0 Å². The third-order valence-electron chi connectivity index (χ3n) is 0.897. The summed E-state index contributed by atoms with van der Waals surface area (Å²) in [4.78, 5) is 10.5. The van der Waals surface area contributed by atoms with Crippen LogP contribution >= 0.6 is 36.2 Å². The summed E-state index contributed by atoms with van der Waals surface area (Å²) in [6.45, 7) is 0. The van der Waals surface area contributed by atoms with Crippen molar-refractivity contribution in [2.24, 2.45) is 0 Å². The van der Waals surface area contributed by atoms with E-state index in [4.69, 9.17) is 0 Å². The van der Waals surface area contributed by atoms with Gasteiger partial charge >= 0.3 is 0 Å². The lowest BCUT2D eigenvalue weighted by Crippen LogP contribution is -2.09. The molecule has 1 saturated heterocycles. The fraction of sp³-hybridized carbons (Fsp3) is 0.750. The summed E-state index contributed by atoms with van der Waals surface area (Å²) in [5.74, 6) is 0.951. The standard InChI is InChI=1S/C4H6OS3/c5-4(6)3-1-7-2-8-3/h3H,1-2H2,(H,5,6). The Labute approximate surface area is 62.4 Å². The minimum Gasteiger partial charge on any atom is -0.286 e. The van der Waals surface area contributed by atoms with E-state index in [1.165, 1.54) is 0 Å². The maximum absolute atomic E-state index is 10.5. The molecule has 0 aromatic rings. The van der Waals surface area contributed by atoms with Crippen molar-refractivity contribution in [1.29, 1.82) is 0 Å². The van der Waals surface area contributed by atoms with Crippen molar-refractivity contribution >= 4 is 41.3 Å². The van der Waals surface area contributed by atoms with Crippen LogP contribution in [-0.4, -0.2) is 21.2 Å². The topological polar surface area (TPSA) is 17.1 Å². The molecule has 0 aromatic heterocycles. The van der Waals surface area contributed by atoms with Gasteiger partial charge in [-0.2, -0.15) is 0 Å². The molecule has 1 unspecified atom stereocenters. The Morgan fingerprint density at radius 2 is 2.50 bits per heavy atom. The van der Waals surface area contributed by atoms with Crippen LogP contribution in [0.25, 0.3) is 0 Å². The molecule has 0 N–H and O–H groups in total. The van der Waals surface area contributed by atoms with Crippen LogP contribution < -0.4 is 0 Å². The van der Waals surface area contributed by atoms with Gasteiger partial charge in [0.2, 0.25) is 0 Å². The second-order valence-electron chi connectivity index (χ2n) is 1.48. The summed E-state index contributed by atoms with van der Waals surface area (Å²) in [7, 11) is 0. The van der Waals surface area contributed by atoms with Crippen LogP contribution in [0.2, 0.25) is 0 Å². The molecular weight excluding hydrogens is 160 g/mol. The Bertz CT molecular complexity index is 97.5. The quantitative estimate of drug-likeness (QED) is 0.591. The number of carbonyl (C=O) groups excluding carboxylic acids is 1. The number of hydrogen-bond acceptors (Lipinski definition) is 3. The highest BCUT2D eigenvalue weighted by atomic mass is 32.2. The highest BCUT2D eigenvalue weighted by Crippen LogP contribution is 2.30. The first-order valence-corrected chi connectivity index (χ1v) is 4.88. The second-order valence-corrected chi connectivity index (χ2v) is 4.51. The van der Waals surface area contributed by atoms with Crippen molar-refractivity contribution in [3.63, 3.8) is 0 Å². The monoisotopic (exact) mass is 166 g/mol. The van der Waals surface area contributed by atoms with E-state index in [1.807, 2.05) is 0 Å². The molecule has 0 aromatic carbocycles. The van der Waals surface area contributed by atoms with Crippen molar-refractivity contribution < 1.29 is 4.79 Å². The first-order chi connectivity index (χ1) is 3.80. The fourth-order valence-corrected chi connectivity index (χ4v) is 3.52. The Morgan fingerprint density at radius 3 is 2.75 bits per heavy atom. The molecule has 1 atom stereocenters. The lowest BCUT2D eigenvalue weighted by atomic mass is 10.5. The smallest absolute Gasteiger partial charge is 0.199 e. The van der Waals surface area contributed by atoms with Gasteiger partial charge in [-0.3, -0.25) is 4.79 Å². The van der Waals surface area contributed by atoms with E-state index >= 15 is 0 Å². The Morgan fingerprint density at radius 1 is 1.75 bits per heavy atom. The number of thiol groups is 1. The van der Waals surface area contributed by atoms with Gasteiger partial charge in [0.15, 0.2) is 5.12 Å². The van der Waals surface area contributed by atoms with Crippen molar-refractivity contribution in [2.45, 2.75) is 5.25 Å². The Hall–Kier alpha value is 0.720. The molecule has 0 spiro atoms. The third-order valence-corrected chi connectivity index (χ3v) is 4.16. The molecule has 1 aliphatic heterocycles. The van der Waals surface area contributed by atoms with E-state index in [1.54, 1.807) is 23.5 Å². The Kier molecular flexibility index (Phi) is 2.59. The van der Waals surface area contributed by atoms with Crippen molar-refractivity contribution in [3.8, 4) is 0 Å². The lowest BCUT2D eigenvalue weighted by Gasteiger charge is -1.96. The molecule has 4 heteroatoms. The van der Waals surface area contributed by atoms with Gasteiger partial charge in [-0.1, -0.05) is 0 Å². The average molecular weight is 166 g/mol. The van der Waals surface area contributed by atoms with Crippen LogP contribution in [0.3, 0.4) is 0 Å². The van der Waals surface area contributed by atoms with Crippen LogP contribution in [0, 0.1) is 0 Å². The minimum absolute atomic E-state index is 0.0278. The van der Waals surface area contributed by atoms with E-state index in [2.05, 4.69) is 12.6 Å². The summed E-state index contributed by atoms with van der Waals surface area (Å²) in [6, 6.07) is 0. The molecular formula is C4H6OS3. The van der Waals surface area contributed by atoms with Crippen LogP contribution in [0.5, 0.6) is 0 Å². The Balaban J connectivity index is 2.35. The largest absolute Gasteiger partial charge is 0.286 e. The molecule has 1 aliphatic rings. The maximum Gasteiger partial charge on any atom is 0.199 e. The molecule has 0 amide bonds. The molecule has 0 bridgehead atoms. The van der Waals surface area contributed by atoms with Crippen molar-refractivity contribution in [2.75, 3.05) is 10.8 Å². The van der Waals surface area contributed by atoms with Gasteiger partial charge in [0.05, 0.1) is 5.25 Å². The van der Waals surface area contributed by atoms with Gasteiger partial charge in [-0.15, -0.1) is 36.2 Å². The molecule has 1 fully saturated rings. The third kappa shape index (κ3) is 1.60. The number of carbonyl (C=O) groups is 1. The molecule has 0 aliphatic carbocycles. The van der Waals surface area contributed by atoms with Crippen molar-refractivity contribution in [1.82, 2.24) is 0 Å². The van der Waals surface area contributed by atoms with Gasteiger partial charge in [0.1, 0.15) is 0 Å². The zero-order valence-electron chi connectivity index (χ0n) is 4.16. The highest BCUT2D eigenvalue weighted by Gasteiger charge is 2.20. The van der Waals surface area contributed by atoms with Gasteiger partial charge in [0, 0.05) is 10.8 Å². The zero-order chi connectivity index (χ0) is 5.98. The number of hydrogen-bond donors (Lipinski definition) is 1. The van der Waals surface area contributed by atoms with Crippen LogP contribution in [0.1, 0.15) is 0 Å². The normalized spacial score (nSPS) is 28.4. The van der Waals surface area contributed by atoms with E-state index in [-0.39, 0.29) is 10.4 Å². The highest BCUT2D eigenvalue weighted by molar-refractivity contribution is 8.20. The average Bonchev–Trinajstić information content (AvgIpc) is 2.12. The molecule has 8 heavy (non-hydrogen) atoms. The maximum atomic E-state index is 10.5.